The molecule has 1 aliphatic rings. The van der Waals surface area contributed by atoms with Gasteiger partial charge in [0, 0.05) is 26.2 Å². The van der Waals surface area contributed by atoms with E-state index in [1.165, 1.54) is 0 Å². The Morgan fingerprint density at radius 3 is 1.09 bits per heavy atom. The number of aryl methyl sites for hydroxylation is 2. The Morgan fingerprint density at radius 2 is 0.750 bits per heavy atom. The standard InChI is InChI=1S/C44H50N6O6/c51-39(45-25-13-23-33-15-5-1-6-16-33)27-37-43(55)50(32-42(54)48-30-36-21-11-4-12-22-36)38(28-40(52)46-26-14-24-34-17-7-2-8-18-34)44(56)49(37)31-41(53)47-29-35-19-9-3-10-20-35/h1-12,15-22,37-38H,13-14,23-32H2,(H,45,51)(H,46,52)(H,47,53)(H,48,54)/t37-,38-/m0/s1. The number of nitrogens with zero attached hydrogens (tertiary/aromatic N) is 2. The van der Waals surface area contributed by atoms with Crippen molar-refractivity contribution in [2.24, 2.45) is 0 Å². The molecule has 4 aromatic rings. The molecule has 0 spiro atoms. The zero-order chi connectivity index (χ0) is 39.5. The van der Waals surface area contributed by atoms with Crippen molar-refractivity contribution in [3.8, 4) is 0 Å². The molecule has 0 aromatic heterocycles. The molecule has 12 heteroatoms. The lowest BCUT2D eigenvalue weighted by atomic mass is 9.98. The second-order valence-electron chi connectivity index (χ2n) is 13.8. The maximum atomic E-state index is 14.4. The average Bonchev–Trinajstić information content (AvgIpc) is 3.22. The average molecular weight is 759 g/mol. The smallest absolute Gasteiger partial charge is 0.247 e. The maximum Gasteiger partial charge on any atom is 0.247 e. The molecule has 0 aliphatic carbocycles. The van der Waals surface area contributed by atoms with Gasteiger partial charge in [-0.3, -0.25) is 28.8 Å². The molecule has 6 amide bonds. The van der Waals surface area contributed by atoms with Crippen molar-refractivity contribution in [1.82, 2.24) is 31.1 Å². The molecular weight excluding hydrogens is 709 g/mol. The second kappa shape index (κ2) is 21.6. The first-order chi connectivity index (χ1) is 27.3. The molecule has 4 aromatic carbocycles. The van der Waals surface area contributed by atoms with Crippen LogP contribution in [0, 0.1) is 0 Å². The van der Waals surface area contributed by atoms with Crippen molar-refractivity contribution in [2.75, 3.05) is 26.2 Å². The van der Waals surface area contributed by atoms with E-state index in [1.807, 2.05) is 121 Å². The van der Waals surface area contributed by atoms with Crippen LogP contribution in [0.15, 0.2) is 121 Å². The van der Waals surface area contributed by atoms with Gasteiger partial charge in [0.1, 0.15) is 25.2 Å². The van der Waals surface area contributed by atoms with Crippen LogP contribution in [-0.4, -0.2) is 83.5 Å². The number of rotatable bonds is 20. The van der Waals surface area contributed by atoms with Crippen LogP contribution in [-0.2, 0) is 54.7 Å². The number of amides is 6. The van der Waals surface area contributed by atoms with E-state index in [-0.39, 0.29) is 13.1 Å². The Morgan fingerprint density at radius 1 is 0.429 bits per heavy atom. The summed E-state index contributed by atoms with van der Waals surface area (Å²) in [7, 11) is 0. The minimum Gasteiger partial charge on any atom is -0.356 e. The number of hydrogen-bond acceptors (Lipinski definition) is 6. The molecule has 292 valence electrons. The molecule has 4 N–H and O–H groups in total. The summed E-state index contributed by atoms with van der Waals surface area (Å²) in [4.78, 5) is 84.4. The summed E-state index contributed by atoms with van der Waals surface area (Å²) in [6.45, 7) is -0.00761. The normalized spacial score (nSPS) is 15.2. The monoisotopic (exact) mass is 758 g/mol. The molecule has 0 radical (unpaired) electrons. The van der Waals surface area contributed by atoms with Gasteiger partial charge >= 0.3 is 0 Å². The van der Waals surface area contributed by atoms with E-state index < -0.39 is 73.5 Å². The van der Waals surface area contributed by atoms with E-state index in [9.17, 15) is 28.8 Å². The van der Waals surface area contributed by atoms with Crippen LogP contribution in [0.3, 0.4) is 0 Å². The van der Waals surface area contributed by atoms with Gasteiger partial charge in [-0.1, -0.05) is 121 Å². The maximum absolute atomic E-state index is 14.4. The zero-order valence-corrected chi connectivity index (χ0v) is 31.5. The van der Waals surface area contributed by atoms with Crippen LogP contribution in [0.5, 0.6) is 0 Å². The van der Waals surface area contributed by atoms with Gasteiger partial charge in [-0.15, -0.1) is 0 Å². The third-order valence-corrected chi connectivity index (χ3v) is 9.55. The van der Waals surface area contributed by atoms with Crippen molar-refractivity contribution in [3.05, 3.63) is 144 Å². The van der Waals surface area contributed by atoms with Crippen LogP contribution in [0.25, 0.3) is 0 Å². The van der Waals surface area contributed by atoms with Crippen molar-refractivity contribution in [2.45, 2.75) is 63.7 Å². The highest BCUT2D eigenvalue weighted by atomic mass is 16.2. The zero-order valence-electron chi connectivity index (χ0n) is 31.5. The minimum atomic E-state index is -1.38. The molecule has 0 bridgehead atoms. The third-order valence-electron chi connectivity index (χ3n) is 9.55. The number of nitrogens with one attached hydrogen (secondary N) is 4. The van der Waals surface area contributed by atoms with Crippen molar-refractivity contribution in [3.63, 3.8) is 0 Å². The number of hydrogen-bond donors (Lipinski definition) is 4. The van der Waals surface area contributed by atoms with Crippen LogP contribution in [0.1, 0.15) is 47.9 Å². The quantitative estimate of drug-likeness (QED) is 0.101. The highest BCUT2D eigenvalue weighted by Crippen LogP contribution is 2.23. The number of piperazine rings is 1. The first-order valence-corrected chi connectivity index (χ1v) is 19.1. The van der Waals surface area contributed by atoms with Gasteiger partial charge in [-0.25, -0.2) is 0 Å². The van der Waals surface area contributed by atoms with Gasteiger partial charge in [-0.2, -0.15) is 0 Å². The molecule has 0 saturated carbocycles. The predicted octanol–water partition coefficient (Wildman–Crippen LogP) is 3.31. The van der Waals surface area contributed by atoms with Gasteiger partial charge in [0.05, 0.1) is 12.8 Å². The molecular formula is C44H50N6O6. The fourth-order valence-corrected chi connectivity index (χ4v) is 6.57. The Kier molecular flexibility index (Phi) is 15.7. The molecule has 12 nitrogen and oxygen atoms in total. The van der Waals surface area contributed by atoms with Crippen LogP contribution in [0.2, 0.25) is 0 Å². The summed E-state index contributed by atoms with van der Waals surface area (Å²) in [5.41, 5.74) is 3.91. The molecule has 1 aliphatic heterocycles. The third kappa shape index (κ3) is 12.9. The predicted molar refractivity (Wildman–Crippen MR) is 212 cm³/mol. The molecule has 5 rings (SSSR count). The Balaban J connectivity index is 1.31. The first-order valence-electron chi connectivity index (χ1n) is 19.1. The summed E-state index contributed by atoms with van der Waals surface area (Å²) in [6, 6.07) is 35.3. The number of benzene rings is 4. The molecule has 2 atom stereocenters. The lowest BCUT2D eigenvalue weighted by Crippen LogP contribution is -2.68. The van der Waals surface area contributed by atoms with Gasteiger partial charge in [0.25, 0.3) is 0 Å². The van der Waals surface area contributed by atoms with Crippen LogP contribution in [0.4, 0.5) is 0 Å². The molecule has 1 saturated heterocycles. The SMILES string of the molecule is O=C(C[C@H]1C(=O)N(CC(=O)NCc2ccccc2)[C@@H](CC(=O)NCCCc2ccccc2)C(=O)N1CC(=O)NCc1ccccc1)NCCCc1ccccc1. The Labute approximate surface area is 328 Å². The van der Waals surface area contributed by atoms with Gasteiger partial charge in [-0.05, 0) is 47.9 Å². The van der Waals surface area contributed by atoms with Crippen LogP contribution < -0.4 is 21.3 Å². The number of carbonyl (C=O) groups is 6. The summed E-state index contributed by atoms with van der Waals surface area (Å²) >= 11 is 0. The highest BCUT2D eigenvalue weighted by molar-refractivity contribution is 6.03. The van der Waals surface area contributed by atoms with Crippen molar-refractivity contribution in [1.29, 1.82) is 0 Å². The van der Waals surface area contributed by atoms with Gasteiger partial charge in [0.15, 0.2) is 0 Å². The highest BCUT2D eigenvalue weighted by Gasteiger charge is 2.48. The largest absolute Gasteiger partial charge is 0.356 e. The summed E-state index contributed by atoms with van der Waals surface area (Å²) in [5.74, 6) is -3.44. The topological polar surface area (TPSA) is 157 Å². The van der Waals surface area contributed by atoms with Crippen molar-refractivity contribution < 1.29 is 28.8 Å². The minimum absolute atomic E-state index is 0.185. The second-order valence-corrected chi connectivity index (χ2v) is 13.8. The van der Waals surface area contributed by atoms with Crippen LogP contribution >= 0.6 is 0 Å². The van der Waals surface area contributed by atoms with E-state index in [4.69, 9.17) is 0 Å². The molecule has 0 unspecified atom stereocenters. The van der Waals surface area contributed by atoms with E-state index in [1.54, 1.807) is 0 Å². The number of carbonyl (C=O) groups excluding carboxylic acids is 6. The Bertz CT molecular complexity index is 1760. The van der Waals surface area contributed by atoms with E-state index in [0.717, 1.165) is 44.9 Å². The van der Waals surface area contributed by atoms with Crippen molar-refractivity contribution >= 4 is 35.4 Å². The first kappa shape index (κ1) is 40.9. The fraction of sp³-hybridized carbons (Fsp3) is 0.318. The van der Waals surface area contributed by atoms with E-state index in [2.05, 4.69) is 21.3 Å². The Hall–Kier alpha value is -6.30. The van der Waals surface area contributed by atoms with E-state index >= 15 is 0 Å². The van der Waals surface area contributed by atoms with E-state index in [0.29, 0.717) is 25.9 Å². The molecule has 56 heavy (non-hydrogen) atoms. The molecule has 1 heterocycles. The molecule has 1 fully saturated rings. The fourth-order valence-electron chi connectivity index (χ4n) is 6.57. The lowest BCUT2D eigenvalue weighted by Gasteiger charge is -2.44. The summed E-state index contributed by atoms with van der Waals surface area (Å²) in [6.07, 6.45) is 1.91. The van der Waals surface area contributed by atoms with Gasteiger partial charge in [0.2, 0.25) is 35.4 Å². The summed E-state index contributed by atoms with van der Waals surface area (Å²) in [5, 5.41) is 11.3. The lowest BCUT2D eigenvalue weighted by molar-refractivity contribution is -0.166. The summed E-state index contributed by atoms with van der Waals surface area (Å²) < 4.78 is 0. The van der Waals surface area contributed by atoms with Gasteiger partial charge < -0.3 is 31.1 Å².